The van der Waals surface area contributed by atoms with Gasteiger partial charge in [0, 0.05) is 5.38 Å². The van der Waals surface area contributed by atoms with Crippen LogP contribution in [0.5, 0.6) is 0 Å². The molecule has 1 fully saturated rings. The van der Waals surface area contributed by atoms with E-state index in [2.05, 4.69) is 13.8 Å². The first-order chi connectivity index (χ1) is 5.72. The lowest BCUT2D eigenvalue weighted by Crippen LogP contribution is -2.16. The average Bonchev–Trinajstić information content (AvgIpc) is 2.04. The number of hydrogen-bond acceptors (Lipinski definition) is 0. The Hall–Kier alpha value is 0.290. The van der Waals surface area contributed by atoms with Crippen molar-refractivity contribution in [3.63, 3.8) is 0 Å². The zero-order chi connectivity index (χ0) is 8.97. The van der Waals surface area contributed by atoms with Gasteiger partial charge in [-0.05, 0) is 31.1 Å². The molecule has 0 aromatic carbocycles. The van der Waals surface area contributed by atoms with E-state index >= 15 is 0 Å². The maximum absolute atomic E-state index is 6.15. The standard InChI is InChI=1S/C11H21Cl/c1-3-11(12)8-10-6-4-5-9(2)7-10/h9-11H,3-8H2,1-2H3. The maximum Gasteiger partial charge on any atom is 0.0336 e. The Labute approximate surface area is 81.7 Å². The molecule has 3 atom stereocenters. The van der Waals surface area contributed by atoms with Crippen LogP contribution in [0.15, 0.2) is 0 Å². The van der Waals surface area contributed by atoms with E-state index in [1.54, 1.807) is 0 Å². The van der Waals surface area contributed by atoms with Crippen LogP contribution in [-0.2, 0) is 0 Å². The van der Waals surface area contributed by atoms with E-state index in [0.717, 1.165) is 18.3 Å². The SMILES string of the molecule is CCC(Cl)CC1CCCC(C)C1. The Bertz CT molecular complexity index is 122. The Morgan fingerprint density at radius 2 is 2.17 bits per heavy atom. The summed E-state index contributed by atoms with van der Waals surface area (Å²) in [6.45, 7) is 4.56. The topological polar surface area (TPSA) is 0 Å². The monoisotopic (exact) mass is 188 g/mol. The summed E-state index contributed by atoms with van der Waals surface area (Å²) in [4.78, 5) is 0. The van der Waals surface area contributed by atoms with E-state index in [1.807, 2.05) is 0 Å². The number of alkyl halides is 1. The summed E-state index contributed by atoms with van der Waals surface area (Å²) >= 11 is 6.15. The molecule has 0 heterocycles. The molecule has 1 aliphatic rings. The smallest absolute Gasteiger partial charge is 0.0336 e. The molecule has 0 saturated heterocycles. The zero-order valence-corrected chi connectivity index (χ0v) is 9.11. The molecule has 0 N–H and O–H groups in total. The van der Waals surface area contributed by atoms with Gasteiger partial charge in [-0.15, -0.1) is 11.6 Å². The van der Waals surface area contributed by atoms with Crippen LogP contribution in [0.2, 0.25) is 0 Å². The van der Waals surface area contributed by atoms with Crippen LogP contribution >= 0.6 is 11.6 Å². The fourth-order valence-electron chi connectivity index (χ4n) is 2.30. The number of rotatable bonds is 3. The third-order valence-corrected chi connectivity index (χ3v) is 3.56. The molecular formula is C11H21Cl. The minimum Gasteiger partial charge on any atom is -0.123 e. The van der Waals surface area contributed by atoms with Crippen molar-refractivity contribution < 1.29 is 0 Å². The fourth-order valence-corrected chi connectivity index (χ4v) is 2.55. The van der Waals surface area contributed by atoms with Crippen molar-refractivity contribution >= 4 is 11.6 Å². The summed E-state index contributed by atoms with van der Waals surface area (Å²) < 4.78 is 0. The van der Waals surface area contributed by atoms with Crippen molar-refractivity contribution in [1.29, 1.82) is 0 Å². The van der Waals surface area contributed by atoms with Crippen molar-refractivity contribution in [1.82, 2.24) is 0 Å². The first kappa shape index (κ1) is 10.4. The van der Waals surface area contributed by atoms with Crippen LogP contribution in [0.1, 0.15) is 52.4 Å². The van der Waals surface area contributed by atoms with Gasteiger partial charge in [0.25, 0.3) is 0 Å². The summed E-state index contributed by atoms with van der Waals surface area (Å²) in [5, 5.41) is 0.431. The first-order valence-electron chi connectivity index (χ1n) is 5.36. The number of hydrogen-bond donors (Lipinski definition) is 0. The third kappa shape index (κ3) is 3.35. The molecule has 1 rings (SSSR count). The quantitative estimate of drug-likeness (QED) is 0.582. The summed E-state index contributed by atoms with van der Waals surface area (Å²) in [6.07, 6.45) is 8.10. The zero-order valence-electron chi connectivity index (χ0n) is 8.35. The molecule has 0 amide bonds. The van der Waals surface area contributed by atoms with Gasteiger partial charge in [0.2, 0.25) is 0 Å². The van der Waals surface area contributed by atoms with Crippen molar-refractivity contribution in [3.05, 3.63) is 0 Å². The van der Waals surface area contributed by atoms with Gasteiger partial charge in [0.15, 0.2) is 0 Å². The van der Waals surface area contributed by atoms with E-state index in [0.29, 0.717) is 5.38 Å². The van der Waals surface area contributed by atoms with E-state index in [4.69, 9.17) is 11.6 Å². The molecule has 1 aliphatic carbocycles. The normalized spacial score (nSPS) is 33.2. The molecule has 0 nitrogen and oxygen atoms in total. The van der Waals surface area contributed by atoms with E-state index < -0.39 is 0 Å². The Morgan fingerprint density at radius 3 is 2.75 bits per heavy atom. The van der Waals surface area contributed by atoms with Crippen molar-refractivity contribution in [2.75, 3.05) is 0 Å². The van der Waals surface area contributed by atoms with E-state index in [-0.39, 0.29) is 0 Å². The van der Waals surface area contributed by atoms with Crippen LogP contribution in [0, 0.1) is 11.8 Å². The lowest BCUT2D eigenvalue weighted by molar-refractivity contribution is 0.267. The summed E-state index contributed by atoms with van der Waals surface area (Å²) in [6, 6.07) is 0. The van der Waals surface area contributed by atoms with Crippen molar-refractivity contribution in [2.24, 2.45) is 11.8 Å². The van der Waals surface area contributed by atoms with Crippen LogP contribution in [0.4, 0.5) is 0 Å². The van der Waals surface area contributed by atoms with Gasteiger partial charge < -0.3 is 0 Å². The van der Waals surface area contributed by atoms with Crippen LogP contribution in [-0.4, -0.2) is 5.38 Å². The molecule has 0 bridgehead atoms. The molecule has 3 unspecified atom stereocenters. The molecule has 1 heteroatoms. The number of halogens is 1. The third-order valence-electron chi connectivity index (χ3n) is 3.08. The van der Waals surface area contributed by atoms with Gasteiger partial charge in [-0.25, -0.2) is 0 Å². The van der Waals surface area contributed by atoms with Crippen molar-refractivity contribution in [3.8, 4) is 0 Å². The summed E-state index contributed by atoms with van der Waals surface area (Å²) in [7, 11) is 0. The summed E-state index contributed by atoms with van der Waals surface area (Å²) in [5.74, 6) is 1.88. The molecular weight excluding hydrogens is 168 g/mol. The molecule has 0 radical (unpaired) electrons. The first-order valence-corrected chi connectivity index (χ1v) is 5.80. The van der Waals surface area contributed by atoms with Gasteiger partial charge in [-0.1, -0.05) is 33.1 Å². The Kier molecular flexibility index (Phi) is 4.42. The highest BCUT2D eigenvalue weighted by Crippen LogP contribution is 2.32. The molecule has 0 aromatic heterocycles. The van der Waals surface area contributed by atoms with Crippen LogP contribution in [0.3, 0.4) is 0 Å². The average molecular weight is 189 g/mol. The van der Waals surface area contributed by atoms with Gasteiger partial charge in [-0.2, -0.15) is 0 Å². The lowest BCUT2D eigenvalue weighted by Gasteiger charge is -2.27. The highest BCUT2D eigenvalue weighted by molar-refractivity contribution is 6.20. The maximum atomic E-state index is 6.15. The molecule has 72 valence electrons. The predicted molar refractivity (Wildman–Crippen MR) is 55.7 cm³/mol. The van der Waals surface area contributed by atoms with E-state index in [1.165, 1.54) is 32.1 Å². The molecule has 1 saturated carbocycles. The lowest BCUT2D eigenvalue weighted by atomic mass is 9.80. The minimum atomic E-state index is 0.431. The molecule has 0 spiro atoms. The second-order valence-corrected chi connectivity index (χ2v) is 5.00. The molecule has 12 heavy (non-hydrogen) atoms. The fraction of sp³-hybridized carbons (Fsp3) is 1.00. The van der Waals surface area contributed by atoms with Crippen molar-refractivity contribution in [2.45, 2.75) is 57.7 Å². The minimum absolute atomic E-state index is 0.431. The second kappa shape index (κ2) is 5.11. The van der Waals surface area contributed by atoms with Gasteiger partial charge >= 0.3 is 0 Å². The highest BCUT2D eigenvalue weighted by atomic mass is 35.5. The van der Waals surface area contributed by atoms with Crippen LogP contribution < -0.4 is 0 Å². The van der Waals surface area contributed by atoms with Gasteiger partial charge in [-0.3, -0.25) is 0 Å². The van der Waals surface area contributed by atoms with Gasteiger partial charge in [0.1, 0.15) is 0 Å². The highest BCUT2D eigenvalue weighted by Gasteiger charge is 2.20. The second-order valence-electron chi connectivity index (χ2n) is 4.38. The Morgan fingerprint density at radius 1 is 1.42 bits per heavy atom. The molecule has 0 aromatic rings. The predicted octanol–water partition coefficient (Wildman–Crippen LogP) is 4.22. The van der Waals surface area contributed by atoms with Gasteiger partial charge in [0.05, 0.1) is 0 Å². The largest absolute Gasteiger partial charge is 0.123 e. The molecule has 0 aliphatic heterocycles. The van der Waals surface area contributed by atoms with Crippen LogP contribution in [0.25, 0.3) is 0 Å². The summed E-state index contributed by atoms with van der Waals surface area (Å²) in [5.41, 5.74) is 0. The Balaban J connectivity index is 2.22. The van der Waals surface area contributed by atoms with E-state index in [9.17, 15) is 0 Å².